The molecule has 0 spiro atoms. The van der Waals surface area contributed by atoms with E-state index in [1.807, 2.05) is 0 Å². The molecule has 0 aliphatic carbocycles. The number of ether oxygens (including phenoxy) is 2. The summed E-state index contributed by atoms with van der Waals surface area (Å²) in [6.45, 7) is 5.14. The summed E-state index contributed by atoms with van der Waals surface area (Å²) < 4.78 is 11.0. The van der Waals surface area contributed by atoms with Crippen molar-refractivity contribution in [2.45, 2.75) is 129 Å². The first-order valence-electron chi connectivity index (χ1n) is 14.1. The Bertz CT molecular complexity index is 510. The van der Waals surface area contributed by atoms with Gasteiger partial charge < -0.3 is 14.6 Å². The maximum atomic E-state index is 12.0. The summed E-state index contributed by atoms with van der Waals surface area (Å²) in [5.74, 6) is -0.217. The van der Waals surface area contributed by atoms with Gasteiger partial charge >= 0.3 is 5.97 Å². The number of aliphatic hydroxyl groups excluding tert-OH is 1. The van der Waals surface area contributed by atoms with Crippen molar-refractivity contribution in [1.29, 1.82) is 0 Å². The van der Waals surface area contributed by atoms with Crippen molar-refractivity contribution in [3.05, 3.63) is 36.5 Å². The van der Waals surface area contributed by atoms with Gasteiger partial charge in [0.05, 0.1) is 13.2 Å². The molecule has 0 heterocycles. The van der Waals surface area contributed by atoms with Crippen LogP contribution in [0.15, 0.2) is 36.5 Å². The summed E-state index contributed by atoms with van der Waals surface area (Å²) in [5, 5.41) is 9.44. The van der Waals surface area contributed by atoms with Crippen LogP contribution in [0.1, 0.15) is 123 Å². The molecule has 0 saturated carbocycles. The SMILES string of the molecule is CC/C=C\C/C=C\C/C=C\CCCCCCOCC(CO)OC(=O)CCCCCCCCCC. The quantitative estimate of drug-likeness (QED) is 0.0815. The van der Waals surface area contributed by atoms with Gasteiger partial charge in [0.2, 0.25) is 0 Å². The summed E-state index contributed by atoms with van der Waals surface area (Å²) in [6.07, 6.45) is 31.7. The van der Waals surface area contributed by atoms with E-state index in [0.717, 1.165) is 51.4 Å². The Morgan fingerprint density at radius 3 is 2.00 bits per heavy atom. The lowest BCUT2D eigenvalue weighted by Gasteiger charge is -2.15. The summed E-state index contributed by atoms with van der Waals surface area (Å²) >= 11 is 0. The molecule has 34 heavy (non-hydrogen) atoms. The van der Waals surface area contributed by atoms with E-state index in [1.54, 1.807) is 0 Å². The Hall–Kier alpha value is -1.39. The first kappa shape index (κ1) is 32.6. The minimum atomic E-state index is -0.539. The average molecular weight is 479 g/mol. The molecular weight excluding hydrogens is 424 g/mol. The Morgan fingerprint density at radius 1 is 0.735 bits per heavy atom. The van der Waals surface area contributed by atoms with Crippen molar-refractivity contribution in [2.75, 3.05) is 19.8 Å². The number of aliphatic hydroxyl groups is 1. The van der Waals surface area contributed by atoms with Gasteiger partial charge in [-0.25, -0.2) is 0 Å². The highest BCUT2D eigenvalue weighted by Crippen LogP contribution is 2.10. The van der Waals surface area contributed by atoms with Crippen LogP contribution in [0, 0.1) is 0 Å². The highest BCUT2D eigenvalue weighted by Gasteiger charge is 2.13. The zero-order chi connectivity index (χ0) is 25.0. The van der Waals surface area contributed by atoms with Crippen LogP contribution in [0.2, 0.25) is 0 Å². The second-order valence-corrected chi connectivity index (χ2v) is 9.09. The van der Waals surface area contributed by atoms with E-state index in [0.29, 0.717) is 13.0 Å². The van der Waals surface area contributed by atoms with E-state index < -0.39 is 6.10 Å². The van der Waals surface area contributed by atoms with Crippen LogP contribution < -0.4 is 0 Å². The highest BCUT2D eigenvalue weighted by atomic mass is 16.6. The Morgan fingerprint density at radius 2 is 1.32 bits per heavy atom. The lowest BCUT2D eigenvalue weighted by Crippen LogP contribution is -2.27. The Kier molecular flexibility index (Phi) is 26.7. The first-order chi connectivity index (χ1) is 16.7. The molecule has 4 heteroatoms. The molecule has 0 bridgehead atoms. The second kappa shape index (κ2) is 27.9. The van der Waals surface area contributed by atoms with E-state index in [-0.39, 0.29) is 19.2 Å². The number of carbonyl (C=O) groups excluding carboxylic acids is 1. The van der Waals surface area contributed by atoms with E-state index in [2.05, 4.69) is 50.3 Å². The van der Waals surface area contributed by atoms with Gasteiger partial charge in [0.25, 0.3) is 0 Å². The molecule has 4 nitrogen and oxygen atoms in total. The number of carbonyl (C=O) groups is 1. The minimum Gasteiger partial charge on any atom is -0.457 e. The van der Waals surface area contributed by atoms with E-state index in [9.17, 15) is 9.90 Å². The summed E-state index contributed by atoms with van der Waals surface area (Å²) in [4.78, 5) is 12.0. The molecular formula is C30H54O4. The van der Waals surface area contributed by atoms with Gasteiger partial charge in [-0.05, 0) is 44.9 Å². The zero-order valence-electron chi connectivity index (χ0n) is 22.4. The van der Waals surface area contributed by atoms with E-state index >= 15 is 0 Å². The predicted octanol–water partition coefficient (Wildman–Crippen LogP) is 8.25. The number of unbranched alkanes of at least 4 members (excludes halogenated alkanes) is 11. The van der Waals surface area contributed by atoms with Crippen molar-refractivity contribution in [1.82, 2.24) is 0 Å². The largest absolute Gasteiger partial charge is 0.457 e. The zero-order valence-corrected chi connectivity index (χ0v) is 22.4. The molecule has 0 aromatic carbocycles. The second-order valence-electron chi connectivity index (χ2n) is 9.09. The number of esters is 1. The van der Waals surface area contributed by atoms with Crippen LogP contribution in [0.5, 0.6) is 0 Å². The van der Waals surface area contributed by atoms with Crippen LogP contribution >= 0.6 is 0 Å². The standard InChI is InChI=1S/C30H54O4/c1-3-5-7-9-11-13-14-15-16-17-18-20-22-24-26-33-28-29(27-31)34-30(32)25-23-21-19-12-10-8-6-4-2/h5,7,11,13,15-16,29,31H,3-4,6,8-10,12,14,17-28H2,1-2H3/b7-5-,13-11-,16-15-. The van der Waals surface area contributed by atoms with Crippen molar-refractivity contribution >= 4 is 5.97 Å². The van der Waals surface area contributed by atoms with E-state index in [1.165, 1.54) is 51.4 Å². The Balaban J connectivity index is 3.52. The van der Waals surface area contributed by atoms with Gasteiger partial charge in [0.15, 0.2) is 0 Å². The molecule has 0 aromatic heterocycles. The van der Waals surface area contributed by atoms with Gasteiger partial charge in [-0.2, -0.15) is 0 Å². The van der Waals surface area contributed by atoms with Gasteiger partial charge in [-0.3, -0.25) is 4.79 Å². The number of hydrogen-bond acceptors (Lipinski definition) is 4. The summed E-state index contributed by atoms with van der Waals surface area (Å²) in [6, 6.07) is 0. The van der Waals surface area contributed by atoms with Crippen molar-refractivity contribution < 1.29 is 19.4 Å². The number of rotatable bonds is 25. The summed E-state index contributed by atoms with van der Waals surface area (Å²) in [7, 11) is 0. The number of allylic oxidation sites excluding steroid dienone is 6. The van der Waals surface area contributed by atoms with Gasteiger partial charge in [-0.1, -0.05) is 108 Å². The maximum Gasteiger partial charge on any atom is 0.306 e. The lowest BCUT2D eigenvalue weighted by molar-refractivity contribution is -0.154. The van der Waals surface area contributed by atoms with Crippen LogP contribution in [-0.4, -0.2) is 37.0 Å². The minimum absolute atomic E-state index is 0.180. The molecule has 1 unspecified atom stereocenters. The van der Waals surface area contributed by atoms with Crippen LogP contribution in [0.25, 0.3) is 0 Å². The van der Waals surface area contributed by atoms with Crippen molar-refractivity contribution in [3.63, 3.8) is 0 Å². The van der Waals surface area contributed by atoms with Crippen molar-refractivity contribution in [3.8, 4) is 0 Å². The third kappa shape index (κ3) is 25.2. The smallest absolute Gasteiger partial charge is 0.306 e. The topological polar surface area (TPSA) is 55.8 Å². The lowest BCUT2D eigenvalue weighted by atomic mass is 10.1. The molecule has 1 N–H and O–H groups in total. The fourth-order valence-corrected chi connectivity index (χ4v) is 3.63. The monoisotopic (exact) mass is 478 g/mol. The third-order valence-electron chi connectivity index (χ3n) is 5.73. The van der Waals surface area contributed by atoms with Gasteiger partial charge in [-0.15, -0.1) is 0 Å². The van der Waals surface area contributed by atoms with E-state index in [4.69, 9.17) is 9.47 Å². The molecule has 0 aliphatic rings. The normalized spacial score (nSPS) is 12.9. The molecule has 0 saturated heterocycles. The average Bonchev–Trinajstić information content (AvgIpc) is 2.84. The predicted molar refractivity (Wildman–Crippen MR) is 145 cm³/mol. The van der Waals surface area contributed by atoms with Crippen LogP contribution in [-0.2, 0) is 14.3 Å². The molecule has 0 amide bonds. The maximum absolute atomic E-state index is 12.0. The van der Waals surface area contributed by atoms with Crippen LogP contribution in [0.4, 0.5) is 0 Å². The van der Waals surface area contributed by atoms with Crippen LogP contribution in [0.3, 0.4) is 0 Å². The fraction of sp³-hybridized carbons (Fsp3) is 0.767. The Labute approximate surface area is 210 Å². The number of hydrogen-bond donors (Lipinski definition) is 1. The molecule has 0 aromatic rings. The first-order valence-corrected chi connectivity index (χ1v) is 14.1. The molecule has 0 aliphatic heterocycles. The van der Waals surface area contributed by atoms with Crippen molar-refractivity contribution in [2.24, 2.45) is 0 Å². The molecule has 0 rings (SSSR count). The molecule has 198 valence electrons. The third-order valence-corrected chi connectivity index (χ3v) is 5.73. The molecule has 0 fully saturated rings. The summed E-state index contributed by atoms with van der Waals surface area (Å²) in [5.41, 5.74) is 0. The molecule has 0 radical (unpaired) electrons. The molecule has 1 atom stereocenters. The van der Waals surface area contributed by atoms with Gasteiger partial charge in [0.1, 0.15) is 6.10 Å². The fourth-order valence-electron chi connectivity index (χ4n) is 3.63. The highest BCUT2D eigenvalue weighted by molar-refractivity contribution is 5.69. The van der Waals surface area contributed by atoms with Gasteiger partial charge in [0, 0.05) is 13.0 Å².